The van der Waals surface area contributed by atoms with Gasteiger partial charge in [0.2, 0.25) is 15.9 Å². The minimum atomic E-state index is -3.15. The van der Waals surface area contributed by atoms with Gasteiger partial charge in [0, 0.05) is 32.1 Å². The average molecular weight is 383 g/mol. The first-order chi connectivity index (χ1) is 12.3. The van der Waals surface area contributed by atoms with E-state index in [9.17, 15) is 17.6 Å². The molecule has 1 aromatic carbocycles. The molecular formula is C19H27FN2O3S. The van der Waals surface area contributed by atoms with Gasteiger partial charge in [-0.3, -0.25) is 4.79 Å². The highest BCUT2D eigenvalue weighted by Crippen LogP contribution is 2.26. The Balaban J connectivity index is 1.46. The lowest BCUT2D eigenvalue weighted by Crippen LogP contribution is -2.46. The third kappa shape index (κ3) is 4.82. The van der Waals surface area contributed by atoms with Crippen LogP contribution in [0.5, 0.6) is 0 Å². The smallest absolute Gasteiger partial charge is 0.225 e. The molecular weight excluding hydrogens is 355 g/mol. The molecule has 2 aliphatic rings. The van der Waals surface area contributed by atoms with Crippen LogP contribution >= 0.6 is 0 Å². The molecule has 2 saturated heterocycles. The first kappa shape index (κ1) is 19.3. The van der Waals surface area contributed by atoms with Crippen LogP contribution in [0.4, 0.5) is 4.39 Å². The van der Waals surface area contributed by atoms with E-state index in [2.05, 4.69) is 0 Å². The number of carbonyl (C=O) groups is 1. The summed E-state index contributed by atoms with van der Waals surface area (Å²) in [4.78, 5) is 14.7. The molecule has 26 heavy (non-hydrogen) atoms. The lowest BCUT2D eigenvalue weighted by Gasteiger charge is -2.36. The summed E-state index contributed by atoms with van der Waals surface area (Å²) in [7, 11) is -3.15. The molecule has 0 aromatic heterocycles. The Morgan fingerprint density at radius 1 is 1.04 bits per heavy atom. The minimum absolute atomic E-state index is 0.0540. The number of benzene rings is 1. The van der Waals surface area contributed by atoms with E-state index in [4.69, 9.17) is 0 Å². The molecule has 7 heteroatoms. The predicted octanol–water partition coefficient (Wildman–Crippen LogP) is 2.28. The maximum absolute atomic E-state index is 13.0. The monoisotopic (exact) mass is 382 g/mol. The topological polar surface area (TPSA) is 57.7 Å². The standard InChI is InChI=1S/C19H27FN2O3S/c1-26(24,25)22-12-8-17(9-13-22)19(23)21-10-6-16(7-11-21)14-15-2-4-18(20)5-3-15/h2-5,16-17H,6-14H2,1H3. The normalized spacial score (nSPS) is 21.1. The van der Waals surface area contributed by atoms with E-state index in [-0.39, 0.29) is 17.6 Å². The lowest BCUT2D eigenvalue weighted by atomic mass is 9.89. The highest BCUT2D eigenvalue weighted by molar-refractivity contribution is 7.88. The van der Waals surface area contributed by atoms with Gasteiger partial charge in [-0.25, -0.2) is 17.1 Å². The van der Waals surface area contributed by atoms with Crippen molar-refractivity contribution in [1.82, 2.24) is 9.21 Å². The van der Waals surface area contributed by atoms with Crippen molar-refractivity contribution in [2.24, 2.45) is 11.8 Å². The van der Waals surface area contributed by atoms with Gasteiger partial charge in [0.05, 0.1) is 6.26 Å². The summed E-state index contributed by atoms with van der Waals surface area (Å²) in [6.07, 6.45) is 5.30. The molecule has 3 rings (SSSR count). The van der Waals surface area contributed by atoms with Crippen molar-refractivity contribution in [3.8, 4) is 0 Å². The van der Waals surface area contributed by atoms with Crippen molar-refractivity contribution < 1.29 is 17.6 Å². The van der Waals surface area contributed by atoms with E-state index in [1.807, 2.05) is 17.0 Å². The number of amides is 1. The van der Waals surface area contributed by atoms with Crippen LogP contribution in [0.25, 0.3) is 0 Å². The van der Waals surface area contributed by atoms with Crippen molar-refractivity contribution >= 4 is 15.9 Å². The molecule has 1 amide bonds. The molecule has 0 radical (unpaired) electrons. The molecule has 2 heterocycles. The highest BCUT2D eigenvalue weighted by atomic mass is 32.2. The zero-order valence-electron chi connectivity index (χ0n) is 15.2. The van der Waals surface area contributed by atoms with Crippen LogP contribution in [-0.2, 0) is 21.2 Å². The maximum Gasteiger partial charge on any atom is 0.225 e. The van der Waals surface area contributed by atoms with Gasteiger partial charge < -0.3 is 4.90 Å². The fraction of sp³-hybridized carbons (Fsp3) is 0.632. The molecule has 2 fully saturated rings. The number of rotatable bonds is 4. The molecule has 0 N–H and O–H groups in total. The first-order valence-electron chi connectivity index (χ1n) is 9.31. The van der Waals surface area contributed by atoms with Crippen LogP contribution in [0.2, 0.25) is 0 Å². The number of likely N-dealkylation sites (tertiary alicyclic amines) is 1. The summed E-state index contributed by atoms with van der Waals surface area (Å²) in [5, 5.41) is 0. The third-order valence-corrected chi connectivity index (χ3v) is 6.94. The Bertz CT molecular complexity index is 720. The molecule has 5 nitrogen and oxygen atoms in total. The highest BCUT2D eigenvalue weighted by Gasteiger charge is 2.32. The molecule has 0 bridgehead atoms. The molecule has 0 saturated carbocycles. The van der Waals surface area contributed by atoms with Gasteiger partial charge in [0.15, 0.2) is 0 Å². The van der Waals surface area contributed by atoms with E-state index in [0.717, 1.165) is 37.9 Å². The maximum atomic E-state index is 13.0. The second-order valence-corrected chi connectivity index (χ2v) is 9.52. The fourth-order valence-electron chi connectivity index (χ4n) is 4.00. The minimum Gasteiger partial charge on any atom is -0.342 e. The van der Waals surface area contributed by atoms with Gasteiger partial charge >= 0.3 is 0 Å². The largest absolute Gasteiger partial charge is 0.342 e. The second kappa shape index (κ2) is 8.05. The SMILES string of the molecule is CS(=O)(=O)N1CCC(C(=O)N2CCC(Cc3ccc(F)cc3)CC2)CC1. The number of hydrogen-bond acceptors (Lipinski definition) is 3. The summed E-state index contributed by atoms with van der Waals surface area (Å²) < 4.78 is 37.6. The van der Waals surface area contributed by atoms with Gasteiger partial charge in [-0.05, 0) is 55.7 Å². The quantitative estimate of drug-likeness (QED) is 0.803. The molecule has 144 valence electrons. The van der Waals surface area contributed by atoms with Crippen molar-refractivity contribution in [3.05, 3.63) is 35.6 Å². The number of carbonyl (C=O) groups excluding carboxylic acids is 1. The molecule has 1 aromatic rings. The number of halogens is 1. The van der Waals surface area contributed by atoms with Crippen molar-refractivity contribution in [3.63, 3.8) is 0 Å². The van der Waals surface area contributed by atoms with Crippen molar-refractivity contribution in [2.75, 3.05) is 32.4 Å². The molecule has 0 atom stereocenters. The zero-order valence-corrected chi connectivity index (χ0v) is 16.0. The van der Waals surface area contributed by atoms with Gasteiger partial charge in [0.1, 0.15) is 5.82 Å². The van der Waals surface area contributed by atoms with E-state index < -0.39 is 10.0 Å². The van der Waals surface area contributed by atoms with Crippen molar-refractivity contribution in [2.45, 2.75) is 32.1 Å². The fourth-order valence-corrected chi connectivity index (χ4v) is 4.88. The summed E-state index contributed by atoms with van der Waals surface area (Å²) >= 11 is 0. The first-order valence-corrected chi connectivity index (χ1v) is 11.2. The van der Waals surface area contributed by atoms with E-state index in [1.165, 1.54) is 22.7 Å². The third-order valence-electron chi connectivity index (χ3n) is 5.64. The molecule has 0 aliphatic carbocycles. The van der Waals surface area contributed by atoms with Gasteiger partial charge in [-0.15, -0.1) is 0 Å². The van der Waals surface area contributed by atoms with Gasteiger partial charge in [-0.2, -0.15) is 0 Å². The summed E-state index contributed by atoms with van der Waals surface area (Å²) in [6, 6.07) is 6.67. The zero-order chi connectivity index (χ0) is 18.7. The Kier molecular flexibility index (Phi) is 5.97. The molecule has 2 aliphatic heterocycles. The van der Waals surface area contributed by atoms with Gasteiger partial charge in [0.25, 0.3) is 0 Å². The van der Waals surface area contributed by atoms with Crippen molar-refractivity contribution in [1.29, 1.82) is 0 Å². The Morgan fingerprint density at radius 3 is 2.15 bits per heavy atom. The lowest BCUT2D eigenvalue weighted by molar-refractivity contribution is -0.138. The van der Waals surface area contributed by atoms with Crippen LogP contribution in [0.3, 0.4) is 0 Å². The van der Waals surface area contributed by atoms with Crippen LogP contribution in [0.15, 0.2) is 24.3 Å². The van der Waals surface area contributed by atoms with Crippen LogP contribution in [0, 0.1) is 17.7 Å². The summed E-state index contributed by atoms with van der Waals surface area (Å²) in [5.41, 5.74) is 1.14. The molecule has 0 spiro atoms. The average Bonchev–Trinajstić information content (AvgIpc) is 2.63. The van der Waals surface area contributed by atoms with E-state index in [0.29, 0.717) is 31.8 Å². The Hall–Kier alpha value is -1.47. The second-order valence-electron chi connectivity index (χ2n) is 7.54. The molecule has 0 unspecified atom stereocenters. The summed E-state index contributed by atoms with van der Waals surface area (Å²) in [5.74, 6) is 0.438. The van der Waals surface area contributed by atoms with Crippen LogP contribution in [0.1, 0.15) is 31.2 Å². The number of sulfonamides is 1. The van der Waals surface area contributed by atoms with E-state index >= 15 is 0 Å². The number of piperidine rings is 2. The number of nitrogens with zero attached hydrogens (tertiary/aromatic N) is 2. The predicted molar refractivity (Wildman–Crippen MR) is 98.5 cm³/mol. The van der Waals surface area contributed by atoms with Gasteiger partial charge in [-0.1, -0.05) is 12.1 Å². The summed E-state index contributed by atoms with van der Waals surface area (Å²) in [6.45, 7) is 2.40. The Morgan fingerprint density at radius 2 is 1.62 bits per heavy atom. The Labute approximate surface area is 155 Å². The number of hydrogen-bond donors (Lipinski definition) is 0. The van der Waals surface area contributed by atoms with Crippen LogP contribution < -0.4 is 0 Å². The van der Waals surface area contributed by atoms with Crippen LogP contribution in [-0.4, -0.2) is 56.0 Å². The van der Waals surface area contributed by atoms with E-state index in [1.54, 1.807) is 0 Å².